The lowest BCUT2D eigenvalue weighted by molar-refractivity contribution is -0.00138. The summed E-state index contributed by atoms with van der Waals surface area (Å²) in [6, 6.07) is 7.76. The third kappa shape index (κ3) is 5.49. The summed E-state index contributed by atoms with van der Waals surface area (Å²) in [6.07, 6.45) is 8.07. The Morgan fingerprint density at radius 1 is 1.42 bits per heavy atom. The van der Waals surface area contributed by atoms with Crippen molar-refractivity contribution in [2.45, 2.75) is 50.0 Å². The number of hydrogen-bond acceptors (Lipinski definition) is 8. The van der Waals surface area contributed by atoms with E-state index in [1.807, 2.05) is 20.9 Å². The molecule has 0 radical (unpaired) electrons. The summed E-state index contributed by atoms with van der Waals surface area (Å²) in [6.45, 7) is 8.08. The Morgan fingerprint density at radius 2 is 2.21 bits per heavy atom. The fourth-order valence-electron chi connectivity index (χ4n) is 4.07. The Balaban J connectivity index is 1.88. The van der Waals surface area contributed by atoms with Crippen molar-refractivity contribution in [3.63, 3.8) is 0 Å². The lowest BCUT2D eigenvalue weighted by atomic mass is 9.74. The molecule has 1 fully saturated rings. The van der Waals surface area contributed by atoms with Gasteiger partial charge in [-0.1, -0.05) is 13.0 Å². The Morgan fingerprint density at radius 3 is 2.88 bits per heavy atom. The van der Waals surface area contributed by atoms with Crippen molar-refractivity contribution in [1.29, 1.82) is 5.26 Å². The average molecular weight is 469 g/mol. The molecule has 10 heteroatoms. The minimum absolute atomic E-state index is 0.00525. The smallest absolute Gasteiger partial charge is 0.263 e. The number of sulfonamides is 1. The number of rotatable bonds is 8. The first-order chi connectivity index (χ1) is 15.7. The number of aromatic nitrogens is 2. The van der Waals surface area contributed by atoms with Gasteiger partial charge in [-0.05, 0) is 57.4 Å². The minimum atomic E-state index is -3.94. The molecule has 2 atom stereocenters. The monoisotopic (exact) mass is 468 g/mol. The van der Waals surface area contributed by atoms with Gasteiger partial charge in [-0.15, -0.1) is 0 Å². The van der Waals surface area contributed by atoms with E-state index in [-0.39, 0.29) is 22.2 Å². The molecule has 2 aromatic rings. The van der Waals surface area contributed by atoms with E-state index >= 15 is 0 Å². The first-order valence-electron chi connectivity index (χ1n) is 10.6. The quantitative estimate of drug-likeness (QED) is 0.460. The highest BCUT2D eigenvalue weighted by molar-refractivity contribution is 7.92. The molecule has 0 spiro atoms. The van der Waals surface area contributed by atoms with E-state index in [0.29, 0.717) is 5.75 Å². The van der Waals surface area contributed by atoms with Gasteiger partial charge in [0.1, 0.15) is 29.6 Å². The van der Waals surface area contributed by atoms with Crippen LogP contribution in [0.5, 0.6) is 5.75 Å². The minimum Gasteiger partial charge on any atom is -0.485 e. The molecule has 0 aliphatic heterocycles. The largest absolute Gasteiger partial charge is 0.485 e. The van der Waals surface area contributed by atoms with Crippen molar-refractivity contribution >= 4 is 22.1 Å². The Hall–Kier alpha value is -3.45. The Labute approximate surface area is 194 Å². The van der Waals surface area contributed by atoms with Crippen LogP contribution < -0.4 is 9.46 Å². The molecule has 9 nitrogen and oxygen atoms in total. The fraction of sp³-hybridized carbons (Fsp3) is 0.391. The van der Waals surface area contributed by atoms with E-state index in [4.69, 9.17) is 4.74 Å². The maximum atomic E-state index is 12.8. The highest BCUT2D eigenvalue weighted by Gasteiger charge is 2.42. The van der Waals surface area contributed by atoms with Crippen molar-refractivity contribution in [2.24, 2.45) is 11.0 Å². The molecule has 1 aliphatic rings. The SMILES string of the molecule is C=C([C@H]1CCCC[C@]1(C)Oc1ccc(S(=O)(=O)Nc2ccncn2)cc1C#N)N(C)/N=C\C. The zero-order valence-corrected chi connectivity index (χ0v) is 19.8. The van der Waals surface area contributed by atoms with E-state index in [1.54, 1.807) is 11.2 Å². The van der Waals surface area contributed by atoms with Gasteiger partial charge in [-0.3, -0.25) is 9.73 Å². The van der Waals surface area contributed by atoms with Crippen LogP contribution in [0.25, 0.3) is 0 Å². The highest BCUT2D eigenvalue weighted by atomic mass is 32.2. The second-order valence-electron chi connectivity index (χ2n) is 8.07. The van der Waals surface area contributed by atoms with Crippen molar-refractivity contribution in [3.8, 4) is 11.8 Å². The lowest BCUT2D eigenvalue weighted by Crippen LogP contribution is -2.46. The summed E-state index contributed by atoms with van der Waals surface area (Å²) in [5, 5.41) is 15.8. The van der Waals surface area contributed by atoms with Gasteiger partial charge in [0.2, 0.25) is 0 Å². The van der Waals surface area contributed by atoms with Crippen LogP contribution in [0.3, 0.4) is 0 Å². The Kier molecular flexibility index (Phi) is 7.33. The predicted molar refractivity (Wildman–Crippen MR) is 126 cm³/mol. The van der Waals surface area contributed by atoms with Gasteiger partial charge in [-0.25, -0.2) is 18.4 Å². The number of hydrazone groups is 1. The summed E-state index contributed by atoms with van der Waals surface area (Å²) in [4.78, 5) is 7.58. The Bertz CT molecular complexity index is 1180. The van der Waals surface area contributed by atoms with Gasteiger partial charge in [0.25, 0.3) is 10.0 Å². The zero-order chi connectivity index (χ0) is 24.1. The fourth-order valence-corrected chi connectivity index (χ4v) is 5.10. The van der Waals surface area contributed by atoms with Gasteiger partial charge >= 0.3 is 0 Å². The average Bonchev–Trinajstić information content (AvgIpc) is 2.79. The second-order valence-corrected chi connectivity index (χ2v) is 9.75. The van der Waals surface area contributed by atoms with E-state index in [9.17, 15) is 13.7 Å². The molecule has 1 saturated carbocycles. The first-order valence-corrected chi connectivity index (χ1v) is 12.1. The van der Waals surface area contributed by atoms with E-state index < -0.39 is 15.6 Å². The molecule has 0 bridgehead atoms. The summed E-state index contributed by atoms with van der Waals surface area (Å²) in [7, 11) is -2.09. The van der Waals surface area contributed by atoms with Gasteiger partial charge in [-0.2, -0.15) is 10.4 Å². The third-order valence-electron chi connectivity index (χ3n) is 5.81. The number of ether oxygens (including phenoxy) is 1. The van der Waals surface area contributed by atoms with Crippen molar-refractivity contribution in [1.82, 2.24) is 15.0 Å². The number of anilines is 1. The summed E-state index contributed by atoms with van der Waals surface area (Å²) in [5.41, 5.74) is 0.358. The number of nitrogens with one attached hydrogen (secondary N) is 1. The topological polar surface area (TPSA) is 121 Å². The van der Waals surface area contributed by atoms with Crippen LogP contribution in [-0.4, -0.2) is 42.3 Å². The second kappa shape index (κ2) is 10.0. The van der Waals surface area contributed by atoms with Crippen molar-refractivity contribution in [3.05, 3.63) is 54.6 Å². The molecule has 33 heavy (non-hydrogen) atoms. The highest BCUT2D eigenvalue weighted by Crippen LogP contribution is 2.42. The molecular formula is C23H28N6O3S. The predicted octanol–water partition coefficient (Wildman–Crippen LogP) is 3.93. The lowest BCUT2D eigenvalue weighted by Gasteiger charge is -2.43. The van der Waals surface area contributed by atoms with Crippen LogP contribution >= 0.6 is 0 Å². The number of nitriles is 1. The van der Waals surface area contributed by atoms with Crippen LogP contribution in [0.1, 0.15) is 45.1 Å². The number of hydrogen-bond donors (Lipinski definition) is 1. The standard InChI is InChI=1S/C23H28N6O3S/c1-5-27-29(4)17(2)20-8-6-7-12-23(20,3)32-21-10-9-19(14-18(21)15-24)33(30,31)28-22-11-13-25-16-26-22/h5,9-11,13-14,16,20H,2,6-8,12H2,1,3-4H3,(H,25,26,28)/b27-5-/t20-,23+/m1/s1. The van der Waals surface area contributed by atoms with Crippen molar-refractivity contribution < 1.29 is 13.2 Å². The van der Waals surface area contributed by atoms with E-state index in [1.165, 1.54) is 36.8 Å². The van der Waals surface area contributed by atoms with Crippen LogP contribution in [0.2, 0.25) is 0 Å². The van der Waals surface area contributed by atoms with Gasteiger partial charge in [0.05, 0.1) is 10.5 Å². The van der Waals surface area contributed by atoms with Crippen LogP contribution in [0, 0.1) is 17.2 Å². The molecule has 1 aromatic heterocycles. The molecule has 0 unspecified atom stereocenters. The number of nitrogens with zero attached hydrogens (tertiary/aromatic N) is 5. The summed E-state index contributed by atoms with van der Waals surface area (Å²) in [5.74, 6) is 0.468. The molecular weight excluding hydrogens is 440 g/mol. The maximum Gasteiger partial charge on any atom is 0.263 e. The summed E-state index contributed by atoms with van der Waals surface area (Å²) < 4.78 is 34.3. The molecule has 1 heterocycles. The molecule has 1 N–H and O–H groups in total. The normalized spacial score (nSPS) is 20.7. The first kappa shape index (κ1) is 24.2. The molecule has 174 valence electrons. The van der Waals surface area contributed by atoms with Crippen LogP contribution in [0.15, 0.2) is 59.1 Å². The molecule has 0 saturated heterocycles. The molecule has 1 aliphatic carbocycles. The molecule has 1 aromatic carbocycles. The maximum absolute atomic E-state index is 12.8. The zero-order valence-electron chi connectivity index (χ0n) is 19.0. The molecule has 0 amide bonds. The number of benzene rings is 1. The van der Waals surface area contributed by atoms with E-state index in [2.05, 4.69) is 32.4 Å². The van der Waals surface area contributed by atoms with Crippen LogP contribution in [0.4, 0.5) is 5.82 Å². The molecule has 3 rings (SSSR count). The van der Waals surface area contributed by atoms with Gasteiger partial charge in [0, 0.05) is 31.1 Å². The van der Waals surface area contributed by atoms with E-state index in [0.717, 1.165) is 31.4 Å². The summed E-state index contributed by atoms with van der Waals surface area (Å²) >= 11 is 0. The van der Waals surface area contributed by atoms with Crippen LogP contribution in [-0.2, 0) is 10.0 Å². The van der Waals surface area contributed by atoms with Gasteiger partial charge < -0.3 is 4.74 Å². The third-order valence-corrected chi connectivity index (χ3v) is 7.16. The van der Waals surface area contributed by atoms with Gasteiger partial charge in [0.15, 0.2) is 0 Å². The van der Waals surface area contributed by atoms with Crippen molar-refractivity contribution in [2.75, 3.05) is 11.8 Å².